The monoisotopic (exact) mass is 466 g/mol. The molecule has 3 rings (SSSR count). The summed E-state index contributed by atoms with van der Waals surface area (Å²) in [4.78, 5) is 13.6. The van der Waals surface area contributed by atoms with E-state index in [1.165, 1.54) is 18.2 Å². The van der Waals surface area contributed by atoms with Crippen LogP contribution in [0.3, 0.4) is 0 Å². The van der Waals surface area contributed by atoms with Gasteiger partial charge in [0.1, 0.15) is 6.04 Å². The number of sulfonamides is 1. The Morgan fingerprint density at radius 2 is 1.78 bits per heavy atom. The van der Waals surface area contributed by atoms with Crippen molar-refractivity contribution >= 4 is 16.1 Å². The van der Waals surface area contributed by atoms with Gasteiger partial charge >= 0.3 is 6.09 Å². The first-order valence-electron chi connectivity index (χ1n) is 10.5. The van der Waals surface area contributed by atoms with Gasteiger partial charge in [0.15, 0.2) is 0 Å². The summed E-state index contributed by atoms with van der Waals surface area (Å²) in [6.07, 6.45) is 0.0861. The van der Waals surface area contributed by atoms with E-state index in [0.717, 1.165) is 16.7 Å². The fraction of sp³-hybridized carbons (Fsp3) is 0.435. The SMILES string of the molecule is CC(C)OC(=O)N1CCC[C@H](NS(C)(=O)=O)[C@@H]1C(F)(F)c1cccc(-c2ccccc2)c1. The highest BCUT2D eigenvalue weighted by Gasteiger charge is 2.53. The lowest BCUT2D eigenvalue weighted by Crippen LogP contribution is -2.63. The molecule has 0 unspecified atom stereocenters. The van der Waals surface area contributed by atoms with E-state index >= 15 is 8.78 Å². The van der Waals surface area contributed by atoms with E-state index in [-0.39, 0.29) is 18.5 Å². The quantitative estimate of drug-likeness (QED) is 0.686. The summed E-state index contributed by atoms with van der Waals surface area (Å²) in [5.41, 5.74) is 1.08. The van der Waals surface area contributed by atoms with Gasteiger partial charge in [0.25, 0.3) is 5.92 Å². The van der Waals surface area contributed by atoms with E-state index in [0.29, 0.717) is 12.0 Å². The van der Waals surface area contributed by atoms with Gasteiger partial charge in [-0.25, -0.2) is 17.9 Å². The third-order valence-corrected chi connectivity index (χ3v) is 6.02. The molecule has 0 bridgehead atoms. The highest BCUT2D eigenvalue weighted by Crippen LogP contribution is 2.41. The van der Waals surface area contributed by atoms with Crippen LogP contribution in [0.1, 0.15) is 32.3 Å². The van der Waals surface area contributed by atoms with Gasteiger partial charge in [0, 0.05) is 18.2 Å². The summed E-state index contributed by atoms with van der Waals surface area (Å²) in [6, 6.07) is 12.2. The largest absolute Gasteiger partial charge is 0.447 e. The Morgan fingerprint density at radius 3 is 2.41 bits per heavy atom. The Bertz CT molecular complexity index is 1040. The number of nitrogens with one attached hydrogen (secondary N) is 1. The van der Waals surface area contributed by atoms with E-state index in [9.17, 15) is 13.2 Å². The van der Waals surface area contributed by atoms with Crippen LogP contribution in [0.2, 0.25) is 0 Å². The van der Waals surface area contributed by atoms with Gasteiger partial charge in [0.05, 0.1) is 12.4 Å². The molecule has 0 radical (unpaired) electrons. The zero-order valence-corrected chi connectivity index (χ0v) is 19.1. The number of ether oxygens (including phenoxy) is 1. The first kappa shape index (κ1) is 24.1. The van der Waals surface area contributed by atoms with E-state index in [1.54, 1.807) is 19.9 Å². The van der Waals surface area contributed by atoms with Crippen molar-refractivity contribution in [2.45, 2.75) is 50.8 Å². The molecule has 9 heteroatoms. The Morgan fingerprint density at radius 1 is 1.12 bits per heavy atom. The first-order chi connectivity index (χ1) is 15.0. The molecule has 2 aromatic rings. The molecule has 0 aromatic heterocycles. The maximum atomic E-state index is 16.0. The zero-order valence-electron chi connectivity index (χ0n) is 18.3. The number of carbonyl (C=O) groups is 1. The molecular formula is C23H28F2N2O4S. The molecule has 1 aliphatic rings. The van der Waals surface area contributed by atoms with Crippen LogP contribution in [0.5, 0.6) is 0 Å². The molecule has 0 aliphatic carbocycles. The van der Waals surface area contributed by atoms with Crippen molar-refractivity contribution in [1.82, 2.24) is 9.62 Å². The van der Waals surface area contributed by atoms with Crippen molar-refractivity contribution < 1.29 is 26.7 Å². The minimum absolute atomic E-state index is 0.0477. The molecule has 1 fully saturated rings. The molecule has 0 spiro atoms. The van der Waals surface area contributed by atoms with Crippen molar-refractivity contribution in [3.8, 4) is 11.1 Å². The van der Waals surface area contributed by atoms with Crippen LogP contribution in [-0.2, 0) is 20.7 Å². The minimum atomic E-state index is -3.78. The fourth-order valence-electron chi connectivity index (χ4n) is 4.02. The number of carbonyl (C=O) groups excluding carboxylic acids is 1. The second kappa shape index (κ2) is 9.54. The molecule has 2 aromatic carbocycles. The number of halogens is 2. The molecule has 32 heavy (non-hydrogen) atoms. The van der Waals surface area contributed by atoms with Gasteiger partial charge in [-0.3, -0.25) is 4.90 Å². The molecular weight excluding hydrogens is 438 g/mol. The average molecular weight is 467 g/mol. The molecule has 1 heterocycles. The maximum absolute atomic E-state index is 16.0. The summed E-state index contributed by atoms with van der Waals surface area (Å²) in [7, 11) is -3.78. The second-order valence-electron chi connectivity index (χ2n) is 8.28. The summed E-state index contributed by atoms with van der Waals surface area (Å²) in [5, 5.41) is 0. The molecule has 174 valence electrons. The summed E-state index contributed by atoms with van der Waals surface area (Å²) in [6.45, 7) is 3.31. The lowest BCUT2D eigenvalue weighted by molar-refractivity contribution is -0.105. The van der Waals surface area contributed by atoms with Crippen LogP contribution in [0.15, 0.2) is 54.6 Å². The maximum Gasteiger partial charge on any atom is 0.410 e. The van der Waals surface area contributed by atoms with Gasteiger partial charge in [-0.15, -0.1) is 0 Å². The average Bonchev–Trinajstić information content (AvgIpc) is 2.72. The molecule has 1 saturated heterocycles. The van der Waals surface area contributed by atoms with E-state index < -0.39 is 40.2 Å². The number of rotatable bonds is 6. The van der Waals surface area contributed by atoms with Gasteiger partial charge in [-0.05, 0) is 43.9 Å². The van der Waals surface area contributed by atoms with E-state index in [1.807, 2.05) is 30.3 Å². The molecule has 2 atom stereocenters. The lowest BCUT2D eigenvalue weighted by atomic mass is 9.87. The van der Waals surface area contributed by atoms with E-state index in [2.05, 4.69) is 4.72 Å². The number of hydrogen-bond acceptors (Lipinski definition) is 4. The highest BCUT2D eigenvalue weighted by atomic mass is 32.2. The number of nitrogens with zero attached hydrogens (tertiary/aromatic N) is 1. The summed E-state index contributed by atoms with van der Waals surface area (Å²) in [5.74, 6) is -3.54. The molecule has 1 N–H and O–H groups in total. The van der Waals surface area contributed by atoms with E-state index in [4.69, 9.17) is 4.74 Å². The Labute approximate surface area is 187 Å². The molecule has 1 amide bonds. The predicted octanol–water partition coefficient (Wildman–Crippen LogP) is 4.37. The van der Waals surface area contributed by atoms with Crippen LogP contribution in [-0.4, -0.2) is 50.4 Å². The van der Waals surface area contributed by atoms with Crippen LogP contribution in [0.25, 0.3) is 11.1 Å². The topological polar surface area (TPSA) is 75.7 Å². The van der Waals surface area contributed by atoms with Crippen LogP contribution < -0.4 is 4.72 Å². The van der Waals surface area contributed by atoms with Crippen molar-refractivity contribution in [3.63, 3.8) is 0 Å². The third kappa shape index (κ3) is 5.63. The Kier molecular flexibility index (Phi) is 7.19. The number of hydrogen-bond donors (Lipinski definition) is 1. The highest BCUT2D eigenvalue weighted by molar-refractivity contribution is 7.88. The number of amides is 1. The molecule has 1 aliphatic heterocycles. The number of likely N-dealkylation sites (tertiary alicyclic amines) is 1. The third-order valence-electron chi connectivity index (χ3n) is 5.29. The van der Waals surface area contributed by atoms with Gasteiger partial charge in [-0.1, -0.05) is 48.5 Å². The van der Waals surface area contributed by atoms with Crippen LogP contribution in [0, 0.1) is 0 Å². The van der Waals surface area contributed by atoms with Gasteiger partial charge in [0.2, 0.25) is 10.0 Å². The fourth-order valence-corrected chi connectivity index (χ4v) is 4.82. The van der Waals surface area contributed by atoms with Gasteiger partial charge < -0.3 is 4.74 Å². The minimum Gasteiger partial charge on any atom is -0.447 e. The van der Waals surface area contributed by atoms with Crippen LogP contribution in [0.4, 0.5) is 13.6 Å². The number of alkyl halides is 2. The molecule has 0 saturated carbocycles. The van der Waals surface area contributed by atoms with Gasteiger partial charge in [-0.2, -0.15) is 8.78 Å². The smallest absolute Gasteiger partial charge is 0.410 e. The Balaban J connectivity index is 2.05. The number of benzene rings is 2. The van der Waals surface area contributed by atoms with Crippen LogP contribution >= 0.6 is 0 Å². The van der Waals surface area contributed by atoms with Crippen molar-refractivity contribution in [2.75, 3.05) is 12.8 Å². The standard InChI is InChI=1S/C23H28F2N2O4S/c1-16(2)31-22(28)27-14-8-13-20(26-32(3,29)30)21(27)23(24,25)19-12-7-11-18(15-19)17-9-5-4-6-10-17/h4-7,9-12,15-16,20-21,26H,8,13-14H2,1-3H3/t20-,21+/m0/s1. The lowest BCUT2D eigenvalue weighted by Gasteiger charge is -2.44. The zero-order chi connectivity index (χ0) is 23.5. The Hall–Kier alpha value is -2.52. The van der Waals surface area contributed by atoms with Crippen molar-refractivity contribution in [3.05, 3.63) is 60.2 Å². The number of piperidine rings is 1. The second-order valence-corrected chi connectivity index (χ2v) is 10.1. The first-order valence-corrected chi connectivity index (χ1v) is 12.4. The normalized spacial score (nSPS) is 19.8. The van der Waals surface area contributed by atoms with Crippen molar-refractivity contribution in [2.24, 2.45) is 0 Å². The molecule has 6 nitrogen and oxygen atoms in total. The predicted molar refractivity (Wildman–Crippen MR) is 119 cm³/mol. The van der Waals surface area contributed by atoms with Crippen molar-refractivity contribution in [1.29, 1.82) is 0 Å². The summed E-state index contributed by atoms with van der Waals surface area (Å²) >= 11 is 0. The summed E-state index contributed by atoms with van der Waals surface area (Å²) < 4.78 is 63.4.